The van der Waals surface area contributed by atoms with Crippen LogP contribution in [-0.4, -0.2) is 17.8 Å². The van der Waals surface area contributed by atoms with Crippen molar-refractivity contribution in [1.82, 2.24) is 5.32 Å². The first-order valence-electron chi connectivity index (χ1n) is 5.67. The zero-order valence-electron chi connectivity index (χ0n) is 9.46. The number of rotatable bonds is 3. The first kappa shape index (κ1) is 10.7. The van der Waals surface area contributed by atoms with Crippen molar-refractivity contribution in [3.63, 3.8) is 0 Å². The normalized spacial score (nSPS) is 21.4. The summed E-state index contributed by atoms with van der Waals surface area (Å²) in [6.45, 7) is 4.63. The van der Waals surface area contributed by atoms with E-state index in [1.165, 1.54) is 16.7 Å². The summed E-state index contributed by atoms with van der Waals surface area (Å²) in [7, 11) is 0. The van der Waals surface area contributed by atoms with Crippen molar-refractivity contribution >= 4 is 0 Å². The molecule has 1 aromatic carbocycles. The number of hydrogen-bond donors (Lipinski definition) is 2. The molecule has 0 radical (unpaired) electrons. The van der Waals surface area contributed by atoms with Crippen LogP contribution in [0.3, 0.4) is 0 Å². The van der Waals surface area contributed by atoms with Crippen molar-refractivity contribution in [2.75, 3.05) is 6.54 Å². The number of fused-ring (bicyclic) bond motifs is 1. The van der Waals surface area contributed by atoms with Crippen LogP contribution in [-0.2, 0) is 6.42 Å². The Labute approximate surface area is 91.3 Å². The zero-order chi connectivity index (χ0) is 10.8. The Bertz CT molecular complexity index is 346. The summed E-state index contributed by atoms with van der Waals surface area (Å²) in [5.74, 6) is 0. The quantitative estimate of drug-likeness (QED) is 0.790. The molecule has 1 aliphatic carbocycles. The molecular formula is C13H19NO. The molecular weight excluding hydrogens is 186 g/mol. The van der Waals surface area contributed by atoms with Gasteiger partial charge >= 0.3 is 0 Å². The molecule has 0 spiro atoms. The van der Waals surface area contributed by atoms with E-state index in [2.05, 4.69) is 30.4 Å². The maximum absolute atomic E-state index is 9.25. The summed E-state index contributed by atoms with van der Waals surface area (Å²) < 4.78 is 0. The summed E-state index contributed by atoms with van der Waals surface area (Å²) in [6.07, 6.45) is 2.05. The topological polar surface area (TPSA) is 32.3 Å². The van der Waals surface area contributed by atoms with Gasteiger partial charge in [0.05, 0.1) is 6.10 Å². The number of aliphatic hydroxyl groups excluding tert-OH is 1. The minimum Gasteiger partial charge on any atom is -0.392 e. The van der Waals surface area contributed by atoms with Gasteiger partial charge in [0.1, 0.15) is 0 Å². The molecule has 0 unspecified atom stereocenters. The Balaban J connectivity index is 2.10. The van der Waals surface area contributed by atoms with E-state index in [0.29, 0.717) is 12.6 Å². The van der Waals surface area contributed by atoms with Gasteiger partial charge in [-0.25, -0.2) is 0 Å². The van der Waals surface area contributed by atoms with Crippen molar-refractivity contribution in [2.45, 2.75) is 38.8 Å². The number of nitrogens with one attached hydrogen (secondary N) is 1. The summed E-state index contributed by atoms with van der Waals surface area (Å²) in [5, 5.41) is 12.7. The van der Waals surface area contributed by atoms with E-state index >= 15 is 0 Å². The fourth-order valence-electron chi connectivity index (χ4n) is 2.25. The van der Waals surface area contributed by atoms with E-state index in [1.54, 1.807) is 0 Å². The molecule has 0 fully saturated rings. The Hall–Kier alpha value is -0.860. The Kier molecular flexibility index (Phi) is 3.08. The molecule has 1 aromatic rings. The fourth-order valence-corrected chi connectivity index (χ4v) is 2.25. The molecule has 1 aliphatic rings. The predicted octanol–water partition coefficient (Wildman–Crippen LogP) is 1.95. The summed E-state index contributed by atoms with van der Waals surface area (Å²) >= 11 is 0. The van der Waals surface area contributed by atoms with Gasteiger partial charge in [-0.2, -0.15) is 0 Å². The number of benzene rings is 1. The van der Waals surface area contributed by atoms with Crippen LogP contribution >= 0.6 is 0 Å². The molecule has 0 aromatic heterocycles. The molecule has 0 saturated heterocycles. The smallest absolute Gasteiger partial charge is 0.0636 e. The molecule has 0 amide bonds. The SMILES string of the molecule is Cc1ccc2c(c1)[C@H](NC[C@H](C)O)CC2. The number of hydrogen-bond acceptors (Lipinski definition) is 2. The van der Waals surface area contributed by atoms with Crippen molar-refractivity contribution in [3.8, 4) is 0 Å². The van der Waals surface area contributed by atoms with Gasteiger partial charge in [-0.05, 0) is 37.8 Å². The summed E-state index contributed by atoms with van der Waals surface area (Å²) in [6, 6.07) is 7.11. The highest BCUT2D eigenvalue weighted by molar-refractivity contribution is 5.37. The highest BCUT2D eigenvalue weighted by Gasteiger charge is 2.21. The molecule has 0 saturated carbocycles. The zero-order valence-corrected chi connectivity index (χ0v) is 9.46. The molecule has 0 heterocycles. The van der Waals surface area contributed by atoms with Gasteiger partial charge < -0.3 is 10.4 Å². The first-order chi connectivity index (χ1) is 7.16. The second-order valence-corrected chi connectivity index (χ2v) is 4.55. The molecule has 2 atom stereocenters. The molecule has 15 heavy (non-hydrogen) atoms. The van der Waals surface area contributed by atoms with Crippen molar-refractivity contribution < 1.29 is 5.11 Å². The standard InChI is InChI=1S/C13H19NO/c1-9-3-4-11-5-6-13(12(11)7-9)14-8-10(2)15/h3-4,7,10,13-15H,5-6,8H2,1-2H3/t10-,13+/m0/s1. The predicted molar refractivity (Wildman–Crippen MR) is 61.9 cm³/mol. The number of aliphatic hydroxyl groups is 1. The number of aryl methyl sites for hydroxylation is 2. The lowest BCUT2D eigenvalue weighted by atomic mass is 10.1. The summed E-state index contributed by atoms with van der Waals surface area (Å²) in [5.41, 5.74) is 4.21. The second-order valence-electron chi connectivity index (χ2n) is 4.55. The van der Waals surface area contributed by atoms with Crippen molar-refractivity contribution in [1.29, 1.82) is 0 Å². The van der Waals surface area contributed by atoms with E-state index in [-0.39, 0.29) is 6.10 Å². The maximum Gasteiger partial charge on any atom is 0.0636 e. The Morgan fingerprint density at radius 3 is 3.07 bits per heavy atom. The second kappa shape index (κ2) is 4.33. The van der Waals surface area contributed by atoms with Gasteiger partial charge in [-0.3, -0.25) is 0 Å². The lowest BCUT2D eigenvalue weighted by Gasteiger charge is -2.15. The van der Waals surface area contributed by atoms with Gasteiger partial charge in [0.25, 0.3) is 0 Å². The first-order valence-corrected chi connectivity index (χ1v) is 5.67. The lowest BCUT2D eigenvalue weighted by Crippen LogP contribution is -2.27. The van der Waals surface area contributed by atoms with Gasteiger partial charge in [0, 0.05) is 12.6 Å². The minimum absolute atomic E-state index is 0.265. The third-order valence-corrected chi connectivity index (χ3v) is 3.04. The Morgan fingerprint density at radius 2 is 2.33 bits per heavy atom. The maximum atomic E-state index is 9.25. The van der Waals surface area contributed by atoms with Crippen LogP contribution < -0.4 is 5.32 Å². The molecule has 0 bridgehead atoms. The van der Waals surface area contributed by atoms with E-state index in [4.69, 9.17) is 0 Å². The lowest BCUT2D eigenvalue weighted by molar-refractivity contribution is 0.186. The highest BCUT2D eigenvalue weighted by atomic mass is 16.3. The average molecular weight is 205 g/mol. The van der Waals surface area contributed by atoms with Gasteiger partial charge in [0.2, 0.25) is 0 Å². The fraction of sp³-hybridized carbons (Fsp3) is 0.538. The molecule has 0 aliphatic heterocycles. The van der Waals surface area contributed by atoms with E-state index in [9.17, 15) is 5.11 Å². The van der Waals surface area contributed by atoms with Gasteiger partial charge in [-0.1, -0.05) is 23.8 Å². The average Bonchev–Trinajstić information content (AvgIpc) is 2.57. The highest BCUT2D eigenvalue weighted by Crippen LogP contribution is 2.31. The molecule has 2 N–H and O–H groups in total. The van der Waals surface area contributed by atoms with Crippen LogP contribution in [0.2, 0.25) is 0 Å². The van der Waals surface area contributed by atoms with Crippen LogP contribution in [0.15, 0.2) is 18.2 Å². The molecule has 2 nitrogen and oxygen atoms in total. The Morgan fingerprint density at radius 1 is 1.53 bits per heavy atom. The molecule has 2 rings (SSSR count). The minimum atomic E-state index is -0.265. The van der Waals surface area contributed by atoms with Crippen LogP contribution in [0, 0.1) is 6.92 Å². The van der Waals surface area contributed by atoms with Crippen molar-refractivity contribution in [2.24, 2.45) is 0 Å². The molecule has 82 valence electrons. The largest absolute Gasteiger partial charge is 0.392 e. The van der Waals surface area contributed by atoms with Crippen molar-refractivity contribution in [3.05, 3.63) is 34.9 Å². The summed E-state index contributed by atoms with van der Waals surface area (Å²) in [4.78, 5) is 0. The van der Waals surface area contributed by atoms with E-state index < -0.39 is 0 Å². The third kappa shape index (κ3) is 2.39. The van der Waals surface area contributed by atoms with E-state index in [0.717, 1.165) is 12.8 Å². The third-order valence-electron chi connectivity index (χ3n) is 3.04. The van der Waals surface area contributed by atoms with E-state index in [1.807, 2.05) is 6.92 Å². The molecule has 2 heteroatoms. The van der Waals surface area contributed by atoms with Crippen LogP contribution in [0.4, 0.5) is 0 Å². The van der Waals surface area contributed by atoms with Crippen LogP contribution in [0.1, 0.15) is 36.1 Å². The van der Waals surface area contributed by atoms with Gasteiger partial charge in [-0.15, -0.1) is 0 Å². The monoisotopic (exact) mass is 205 g/mol. The van der Waals surface area contributed by atoms with Crippen LogP contribution in [0.5, 0.6) is 0 Å². The van der Waals surface area contributed by atoms with Gasteiger partial charge in [0.15, 0.2) is 0 Å². The van der Waals surface area contributed by atoms with Crippen LogP contribution in [0.25, 0.3) is 0 Å².